The average Bonchev–Trinajstić information content (AvgIpc) is 2.28. The topological polar surface area (TPSA) is 41.1 Å². The number of benzene rings is 1. The minimum Gasteiger partial charge on any atom is -0.337 e. The van der Waals surface area contributed by atoms with Crippen molar-refractivity contribution >= 4 is 11.7 Å². The number of nitrogens with one attached hydrogen (secondary N) is 2. The first-order valence-corrected chi connectivity index (χ1v) is 5.03. The molecular formula is C12H12F2N2O. The van der Waals surface area contributed by atoms with Crippen LogP contribution in [0.2, 0.25) is 0 Å². The van der Waals surface area contributed by atoms with Gasteiger partial charge in [-0.2, -0.15) is 0 Å². The van der Waals surface area contributed by atoms with Gasteiger partial charge in [0.15, 0.2) is 0 Å². The molecule has 0 atom stereocenters. The van der Waals surface area contributed by atoms with Crippen molar-refractivity contribution in [3.63, 3.8) is 0 Å². The van der Waals surface area contributed by atoms with Crippen LogP contribution in [0.3, 0.4) is 0 Å². The molecule has 0 radical (unpaired) electrons. The van der Waals surface area contributed by atoms with Crippen molar-refractivity contribution in [2.24, 2.45) is 0 Å². The Labute approximate surface area is 98.2 Å². The molecule has 0 unspecified atom stereocenters. The molecule has 1 aromatic carbocycles. The van der Waals surface area contributed by atoms with Gasteiger partial charge in [-0.3, -0.25) is 0 Å². The van der Waals surface area contributed by atoms with E-state index in [0.29, 0.717) is 19.0 Å². The van der Waals surface area contributed by atoms with Gasteiger partial charge in [0.05, 0.1) is 5.69 Å². The van der Waals surface area contributed by atoms with Crippen molar-refractivity contribution < 1.29 is 13.6 Å². The maximum Gasteiger partial charge on any atom is 0.319 e. The Bertz CT molecular complexity index is 463. The smallest absolute Gasteiger partial charge is 0.319 e. The maximum atomic E-state index is 13.1. The minimum atomic E-state index is -0.812. The second-order valence-electron chi connectivity index (χ2n) is 3.18. The van der Waals surface area contributed by atoms with Crippen molar-refractivity contribution in [3.8, 4) is 11.8 Å². The molecule has 0 fully saturated rings. The van der Waals surface area contributed by atoms with Gasteiger partial charge >= 0.3 is 6.03 Å². The summed E-state index contributed by atoms with van der Waals surface area (Å²) in [4.78, 5) is 11.3. The zero-order valence-electron chi connectivity index (χ0n) is 9.31. The van der Waals surface area contributed by atoms with Crippen LogP contribution in [0, 0.1) is 23.5 Å². The van der Waals surface area contributed by atoms with E-state index in [1.807, 2.05) is 0 Å². The van der Waals surface area contributed by atoms with E-state index in [9.17, 15) is 13.6 Å². The summed E-state index contributed by atoms with van der Waals surface area (Å²) >= 11 is 0. The number of urea groups is 1. The van der Waals surface area contributed by atoms with Gasteiger partial charge in [-0.15, -0.1) is 11.8 Å². The van der Waals surface area contributed by atoms with Gasteiger partial charge in [0.25, 0.3) is 0 Å². The third kappa shape index (κ3) is 4.51. The molecule has 0 saturated heterocycles. The van der Waals surface area contributed by atoms with Gasteiger partial charge in [0.2, 0.25) is 0 Å². The van der Waals surface area contributed by atoms with Crippen LogP contribution in [0.15, 0.2) is 18.2 Å². The molecule has 1 aromatic rings. The Morgan fingerprint density at radius 1 is 1.41 bits per heavy atom. The molecule has 90 valence electrons. The third-order valence-electron chi connectivity index (χ3n) is 1.89. The lowest BCUT2D eigenvalue weighted by Gasteiger charge is -2.07. The van der Waals surface area contributed by atoms with Crippen LogP contribution in [0.25, 0.3) is 0 Å². The van der Waals surface area contributed by atoms with Gasteiger partial charge in [0.1, 0.15) is 11.6 Å². The van der Waals surface area contributed by atoms with E-state index in [0.717, 1.165) is 12.1 Å². The van der Waals surface area contributed by atoms with Gasteiger partial charge in [0, 0.05) is 19.0 Å². The van der Waals surface area contributed by atoms with E-state index in [1.54, 1.807) is 6.92 Å². The molecule has 2 N–H and O–H groups in total. The van der Waals surface area contributed by atoms with Crippen molar-refractivity contribution in [1.29, 1.82) is 0 Å². The van der Waals surface area contributed by atoms with Crippen molar-refractivity contribution in [2.75, 3.05) is 11.9 Å². The maximum absolute atomic E-state index is 13.1. The summed E-state index contributed by atoms with van der Waals surface area (Å²) in [5, 5.41) is 4.77. The van der Waals surface area contributed by atoms with E-state index in [2.05, 4.69) is 22.5 Å². The second-order valence-corrected chi connectivity index (χ2v) is 3.18. The van der Waals surface area contributed by atoms with Crippen LogP contribution >= 0.6 is 0 Å². The Morgan fingerprint density at radius 3 is 2.82 bits per heavy atom. The lowest BCUT2D eigenvalue weighted by Crippen LogP contribution is -2.29. The highest BCUT2D eigenvalue weighted by Gasteiger charge is 2.06. The molecular weight excluding hydrogens is 226 g/mol. The zero-order chi connectivity index (χ0) is 12.7. The normalized spacial score (nSPS) is 9.12. The van der Waals surface area contributed by atoms with Gasteiger partial charge < -0.3 is 10.6 Å². The monoisotopic (exact) mass is 238 g/mol. The van der Waals surface area contributed by atoms with E-state index >= 15 is 0 Å². The number of hydrogen-bond acceptors (Lipinski definition) is 1. The predicted octanol–water partition coefficient (Wildman–Crippen LogP) is 2.50. The average molecular weight is 238 g/mol. The third-order valence-corrected chi connectivity index (χ3v) is 1.89. The van der Waals surface area contributed by atoms with Gasteiger partial charge in [-0.25, -0.2) is 13.6 Å². The molecule has 1 rings (SSSR count). The first-order chi connectivity index (χ1) is 8.13. The first kappa shape index (κ1) is 13.0. The first-order valence-electron chi connectivity index (χ1n) is 5.03. The summed E-state index contributed by atoms with van der Waals surface area (Å²) in [5.74, 6) is 3.95. The van der Waals surface area contributed by atoms with E-state index in [4.69, 9.17) is 0 Å². The van der Waals surface area contributed by atoms with E-state index < -0.39 is 17.7 Å². The number of amides is 2. The number of hydrogen-bond donors (Lipinski definition) is 2. The summed E-state index contributed by atoms with van der Waals surface area (Å²) in [5.41, 5.74) is -0.0644. The van der Waals surface area contributed by atoms with Gasteiger partial charge in [-0.1, -0.05) is 0 Å². The molecule has 17 heavy (non-hydrogen) atoms. The number of anilines is 1. The second kappa shape index (κ2) is 6.48. The molecule has 0 aliphatic heterocycles. The van der Waals surface area contributed by atoms with Crippen LogP contribution in [0.4, 0.5) is 19.3 Å². The molecule has 0 aromatic heterocycles. The quantitative estimate of drug-likeness (QED) is 0.616. The van der Waals surface area contributed by atoms with E-state index in [1.165, 1.54) is 0 Å². The SMILES string of the molecule is CC#CCCNC(=O)Nc1ccc(F)cc1F. The Kier molecular flexibility index (Phi) is 4.95. The molecule has 0 bridgehead atoms. The highest BCUT2D eigenvalue weighted by Crippen LogP contribution is 2.14. The van der Waals surface area contributed by atoms with Crippen LogP contribution in [0.5, 0.6) is 0 Å². The summed E-state index contributed by atoms with van der Waals surface area (Å²) in [6.45, 7) is 2.07. The van der Waals surface area contributed by atoms with Crippen molar-refractivity contribution in [3.05, 3.63) is 29.8 Å². The minimum absolute atomic E-state index is 0.0644. The summed E-state index contributed by atoms with van der Waals surface area (Å²) in [7, 11) is 0. The molecule has 0 heterocycles. The lowest BCUT2D eigenvalue weighted by atomic mass is 10.3. The fourth-order valence-electron chi connectivity index (χ4n) is 1.12. The number of carbonyl (C=O) groups excluding carboxylic acids is 1. The Balaban J connectivity index is 2.47. The molecule has 3 nitrogen and oxygen atoms in total. The highest BCUT2D eigenvalue weighted by atomic mass is 19.1. The standard InChI is InChI=1S/C12H12F2N2O/c1-2-3-4-7-15-12(17)16-11-6-5-9(13)8-10(11)14/h5-6,8H,4,7H2,1H3,(H2,15,16,17). The highest BCUT2D eigenvalue weighted by molar-refractivity contribution is 5.89. The zero-order valence-corrected chi connectivity index (χ0v) is 9.31. The summed E-state index contributed by atoms with van der Waals surface area (Å²) in [6, 6.07) is 2.39. The molecule has 0 aliphatic carbocycles. The Hall–Kier alpha value is -2.09. The number of halogens is 2. The van der Waals surface area contributed by atoms with Crippen molar-refractivity contribution in [2.45, 2.75) is 13.3 Å². The number of rotatable bonds is 3. The van der Waals surface area contributed by atoms with E-state index in [-0.39, 0.29) is 5.69 Å². The molecule has 0 saturated carbocycles. The summed E-state index contributed by atoms with van der Waals surface area (Å²) in [6.07, 6.45) is 0.524. The van der Waals surface area contributed by atoms with Crippen molar-refractivity contribution in [1.82, 2.24) is 5.32 Å². The van der Waals surface area contributed by atoms with Crippen LogP contribution in [-0.4, -0.2) is 12.6 Å². The van der Waals surface area contributed by atoms with Crippen LogP contribution < -0.4 is 10.6 Å². The van der Waals surface area contributed by atoms with Crippen LogP contribution in [0.1, 0.15) is 13.3 Å². The fourth-order valence-corrected chi connectivity index (χ4v) is 1.12. The predicted molar refractivity (Wildman–Crippen MR) is 61.4 cm³/mol. The van der Waals surface area contributed by atoms with Crippen LogP contribution in [-0.2, 0) is 0 Å². The molecule has 0 spiro atoms. The molecule has 5 heteroatoms. The largest absolute Gasteiger partial charge is 0.337 e. The number of carbonyl (C=O) groups is 1. The van der Waals surface area contributed by atoms with Gasteiger partial charge in [-0.05, 0) is 19.1 Å². The lowest BCUT2D eigenvalue weighted by molar-refractivity contribution is 0.252. The Morgan fingerprint density at radius 2 is 2.18 bits per heavy atom. The summed E-state index contributed by atoms with van der Waals surface area (Å²) < 4.78 is 25.7. The fraction of sp³-hybridized carbons (Fsp3) is 0.250. The molecule has 2 amide bonds. The molecule has 0 aliphatic rings.